The minimum absolute atomic E-state index is 0.696. The third kappa shape index (κ3) is 4.53. The molecule has 0 aliphatic carbocycles. The first-order valence-electron chi connectivity index (χ1n) is 8.50. The van der Waals surface area contributed by atoms with Gasteiger partial charge in [-0.25, -0.2) is 0 Å². The average molecular weight is 287 g/mol. The molecule has 2 unspecified atom stereocenters. The standard InChI is InChI=1S/C18H29N3/c1-20-11-5-8-17(9-12-20)19-18-10-13-21(15-18)14-16-6-3-2-4-7-16/h2-4,6-7,17-19H,5,8-15H2,1H3. The smallest absolute Gasteiger partial charge is 0.0234 e. The van der Waals surface area contributed by atoms with Crippen LogP contribution in [0.3, 0.4) is 0 Å². The van der Waals surface area contributed by atoms with E-state index in [0.29, 0.717) is 6.04 Å². The highest BCUT2D eigenvalue weighted by molar-refractivity contribution is 5.14. The summed E-state index contributed by atoms with van der Waals surface area (Å²) in [6, 6.07) is 12.3. The first-order valence-corrected chi connectivity index (χ1v) is 8.50. The summed E-state index contributed by atoms with van der Waals surface area (Å²) < 4.78 is 0. The van der Waals surface area contributed by atoms with Gasteiger partial charge in [0.05, 0.1) is 0 Å². The Balaban J connectivity index is 1.44. The van der Waals surface area contributed by atoms with Gasteiger partial charge in [-0.15, -0.1) is 0 Å². The second kappa shape index (κ2) is 7.39. The van der Waals surface area contributed by atoms with Crippen molar-refractivity contribution in [1.29, 1.82) is 0 Å². The molecule has 0 saturated carbocycles. The van der Waals surface area contributed by atoms with Crippen LogP contribution in [0.15, 0.2) is 30.3 Å². The highest BCUT2D eigenvalue weighted by atomic mass is 15.2. The largest absolute Gasteiger partial charge is 0.310 e. The Morgan fingerprint density at radius 1 is 1.00 bits per heavy atom. The molecule has 1 aromatic rings. The van der Waals surface area contributed by atoms with Gasteiger partial charge >= 0.3 is 0 Å². The van der Waals surface area contributed by atoms with E-state index >= 15 is 0 Å². The summed E-state index contributed by atoms with van der Waals surface area (Å²) in [5.41, 5.74) is 1.44. The van der Waals surface area contributed by atoms with Crippen LogP contribution in [0.5, 0.6) is 0 Å². The highest BCUT2D eigenvalue weighted by Gasteiger charge is 2.25. The maximum Gasteiger partial charge on any atom is 0.0234 e. The molecule has 0 radical (unpaired) electrons. The highest BCUT2D eigenvalue weighted by Crippen LogP contribution is 2.16. The fourth-order valence-corrected chi connectivity index (χ4v) is 3.69. The summed E-state index contributed by atoms with van der Waals surface area (Å²) >= 11 is 0. The molecular weight excluding hydrogens is 258 g/mol. The Labute approximate surface area is 129 Å². The number of nitrogens with one attached hydrogen (secondary N) is 1. The maximum atomic E-state index is 3.93. The van der Waals surface area contributed by atoms with Crippen LogP contribution in [0.2, 0.25) is 0 Å². The van der Waals surface area contributed by atoms with Crippen molar-refractivity contribution in [3.05, 3.63) is 35.9 Å². The number of hydrogen-bond donors (Lipinski definition) is 1. The molecule has 2 fully saturated rings. The molecule has 3 rings (SSSR count). The van der Waals surface area contributed by atoms with Gasteiger partial charge in [0.1, 0.15) is 0 Å². The summed E-state index contributed by atoms with van der Waals surface area (Å²) in [6.45, 7) is 6.06. The summed E-state index contributed by atoms with van der Waals surface area (Å²) in [4.78, 5) is 5.06. The van der Waals surface area contributed by atoms with Gasteiger partial charge in [-0.3, -0.25) is 4.90 Å². The number of hydrogen-bond acceptors (Lipinski definition) is 3. The van der Waals surface area contributed by atoms with Crippen LogP contribution < -0.4 is 5.32 Å². The maximum absolute atomic E-state index is 3.93. The summed E-state index contributed by atoms with van der Waals surface area (Å²) in [7, 11) is 2.25. The van der Waals surface area contributed by atoms with Gasteiger partial charge in [-0.2, -0.15) is 0 Å². The second-order valence-electron chi connectivity index (χ2n) is 6.80. The third-order valence-electron chi connectivity index (χ3n) is 4.94. The first-order chi connectivity index (χ1) is 10.3. The van der Waals surface area contributed by atoms with Gasteiger partial charge in [-0.1, -0.05) is 30.3 Å². The Hall–Kier alpha value is -0.900. The van der Waals surface area contributed by atoms with E-state index in [4.69, 9.17) is 0 Å². The molecule has 0 spiro atoms. The van der Waals surface area contributed by atoms with E-state index in [0.717, 1.165) is 12.6 Å². The average Bonchev–Trinajstić information content (AvgIpc) is 2.82. The molecule has 2 heterocycles. The lowest BCUT2D eigenvalue weighted by atomic mass is 10.1. The van der Waals surface area contributed by atoms with Gasteiger partial charge in [-0.05, 0) is 51.4 Å². The second-order valence-corrected chi connectivity index (χ2v) is 6.80. The summed E-state index contributed by atoms with van der Waals surface area (Å²) in [5.74, 6) is 0. The molecule has 21 heavy (non-hydrogen) atoms. The zero-order valence-corrected chi connectivity index (χ0v) is 13.3. The molecule has 2 aliphatic heterocycles. The van der Waals surface area contributed by atoms with E-state index in [9.17, 15) is 0 Å². The molecule has 2 saturated heterocycles. The lowest BCUT2D eigenvalue weighted by molar-refractivity contribution is 0.308. The van der Waals surface area contributed by atoms with E-state index in [1.807, 2.05) is 0 Å². The van der Waals surface area contributed by atoms with Crippen molar-refractivity contribution in [1.82, 2.24) is 15.1 Å². The van der Waals surface area contributed by atoms with Crippen LogP contribution in [0, 0.1) is 0 Å². The molecule has 2 atom stereocenters. The zero-order chi connectivity index (χ0) is 14.5. The number of likely N-dealkylation sites (tertiary alicyclic amines) is 2. The SMILES string of the molecule is CN1CCCC(NC2CCN(Cc3ccccc3)C2)CC1. The van der Waals surface area contributed by atoms with Crippen LogP contribution in [0.25, 0.3) is 0 Å². The van der Waals surface area contributed by atoms with E-state index in [2.05, 4.69) is 52.5 Å². The molecule has 0 bridgehead atoms. The predicted octanol–water partition coefficient (Wildman–Crippen LogP) is 2.33. The Morgan fingerprint density at radius 2 is 1.81 bits per heavy atom. The molecule has 1 aromatic carbocycles. The Bertz CT molecular complexity index is 420. The van der Waals surface area contributed by atoms with Crippen molar-refractivity contribution < 1.29 is 0 Å². The fraction of sp³-hybridized carbons (Fsp3) is 0.667. The third-order valence-corrected chi connectivity index (χ3v) is 4.94. The van der Waals surface area contributed by atoms with Crippen molar-refractivity contribution in [2.45, 2.75) is 44.3 Å². The van der Waals surface area contributed by atoms with Crippen LogP contribution in [-0.2, 0) is 6.54 Å². The van der Waals surface area contributed by atoms with E-state index in [1.54, 1.807) is 0 Å². The predicted molar refractivity (Wildman–Crippen MR) is 88.4 cm³/mol. The minimum Gasteiger partial charge on any atom is -0.310 e. The van der Waals surface area contributed by atoms with Crippen LogP contribution >= 0.6 is 0 Å². The molecular formula is C18H29N3. The van der Waals surface area contributed by atoms with Crippen LogP contribution in [0.4, 0.5) is 0 Å². The lowest BCUT2D eigenvalue weighted by Gasteiger charge is -2.22. The van der Waals surface area contributed by atoms with Crippen LogP contribution in [-0.4, -0.2) is 55.1 Å². The number of nitrogens with zero attached hydrogens (tertiary/aromatic N) is 2. The molecule has 0 aromatic heterocycles. The monoisotopic (exact) mass is 287 g/mol. The topological polar surface area (TPSA) is 18.5 Å². The van der Waals surface area contributed by atoms with Crippen molar-refractivity contribution >= 4 is 0 Å². The van der Waals surface area contributed by atoms with Gasteiger partial charge in [0.15, 0.2) is 0 Å². The van der Waals surface area contributed by atoms with Gasteiger partial charge in [0.25, 0.3) is 0 Å². The molecule has 1 N–H and O–H groups in total. The van der Waals surface area contributed by atoms with Gasteiger partial charge in [0, 0.05) is 31.7 Å². The lowest BCUT2D eigenvalue weighted by Crippen LogP contribution is -2.40. The summed E-state index contributed by atoms with van der Waals surface area (Å²) in [5, 5.41) is 3.93. The van der Waals surface area contributed by atoms with Crippen molar-refractivity contribution in [2.24, 2.45) is 0 Å². The molecule has 3 nitrogen and oxygen atoms in total. The quantitative estimate of drug-likeness (QED) is 0.917. The fourth-order valence-electron chi connectivity index (χ4n) is 3.69. The Kier molecular flexibility index (Phi) is 5.28. The number of benzene rings is 1. The minimum atomic E-state index is 0.696. The Morgan fingerprint density at radius 3 is 2.67 bits per heavy atom. The van der Waals surface area contributed by atoms with Gasteiger partial charge < -0.3 is 10.2 Å². The molecule has 116 valence electrons. The van der Waals surface area contributed by atoms with Gasteiger partial charge in [0.2, 0.25) is 0 Å². The molecule has 2 aliphatic rings. The van der Waals surface area contributed by atoms with Crippen molar-refractivity contribution in [2.75, 3.05) is 33.2 Å². The molecule has 0 amide bonds. The first kappa shape index (κ1) is 15.0. The van der Waals surface area contributed by atoms with E-state index in [-0.39, 0.29) is 0 Å². The zero-order valence-electron chi connectivity index (χ0n) is 13.3. The normalized spacial score (nSPS) is 28.6. The summed E-state index contributed by atoms with van der Waals surface area (Å²) in [6.07, 6.45) is 5.30. The van der Waals surface area contributed by atoms with E-state index < -0.39 is 0 Å². The number of rotatable bonds is 4. The molecule has 3 heteroatoms. The van der Waals surface area contributed by atoms with Crippen molar-refractivity contribution in [3.63, 3.8) is 0 Å². The van der Waals surface area contributed by atoms with E-state index in [1.165, 1.54) is 57.4 Å². The van der Waals surface area contributed by atoms with Crippen LogP contribution in [0.1, 0.15) is 31.2 Å². The van der Waals surface area contributed by atoms with Crippen molar-refractivity contribution in [3.8, 4) is 0 Å².